The summed E-state index contributed by atoms with van der Waals surface area (Å²) in [6, 6.07) is 36.6. The molecule has 0 spiro atoms. The lowest BCUT2D eigenvalue weighted by Gasteiger charge is -2.31. The molecular formula is C46H56N4O2+2. The lowest BCUT2D eigenvalue weighted by molar-refractivity contribution is -0.891. The van der Waals surface area contributed by atoms with E-state index < -0.39 is 0 Å². The van der Waals surface area contributed by atoms with Crippen LogP contribution in [0.3, 0.4) is 0 Å². The molecule has 4 aromatic rings. The van der Waals surface area contributed by atoms with Crippen molar-refractivity contribution >= 4 is 35.4 Å². The average molecular weight is 697 g/mol. The molecule has 6 heteroatoms. The zero-order valence-electron chi connectivity index (χ0n) is 31.6. The topological polar surface area (TPSA) is 40.6 Å². The van der Waals surface area contributed by atoms with Gasteiger partial charge in [0.05, 0.1) is 65.8 Å². The van der Waals surface area contributed by atoms with Crippen LogP contribution in [0.2, 0.25) is 0 Å². The van der Waals surface area contributed by atoms with Gasteiger partial charge in [0.2, 0.25) is 0 Å². The zero-order valence-corrected chi connectivity index (χ0v) is 31.6. The molecule has 0 aliphatic carbocycles. The summed E-state index contributed by atoms with van der Waals surface area (Å²) in [5.41, 5.74) is 7.92. The molecule has 0 saturated heterocycles. The van der Waals surface area contributed by atoms with Gasteiger partial charge in [-0.15, -0.1) is 0 Å². The number of nitrogens with zero attached hydrogens (tertiary/aromatic N) is 4. The quantitative estimate of drug-likeness (QED) is 0.0818. The third-order valence-corrected chi connectivity index (χ3v) is 10.7. The van der Waals surface area contributed by atoms with Crippen LogP contribution in [0.5, 0.6) is 0 Å². The van der Waals surface area contributed by atoms with E-state index in [9.17, 15) is 9.59 Å². The maximum atomic E-state index is 13.4. The summed E-state index contributed by atoms with van der Waals surface area (Å²) in [6.45, 7) is 5.81. The van der Waals surface area contributed by atoms with Crippen molar-refractivity contribution in [2.24, 2.45) is 0 Å². The van der Waals surface area contributed by atoms with Crippen molar-refractivity contribution < 1.29 is 18.6 Å². The first-order valence-electron chi connectivity index (χ1n) is 19.1. The maximum absolute atomic E-state index is 13.4. The summed E-state index contributed by atoms with van der Waals surface area (Å²) in [4.78, 5) is 30.8. The number of hydrogen-bond acceptors (Lipinski definition) is 2. The molecule has 52 heavy (non-hydrogen) atoms. The minimum atomic E-state index is 0.115. The predicted octanol–water partition coefficient (Wildman–Crippen LogP) is 8.79. The van der Waals surface area contributed by atoms with Gasteiger partial charge in [-0.3, -0.25) is 9.59 Å². The average Bonchev–Trinajstić information content (AvgIpc) is 3.56. The first-order valence-corrected chi connectivity index (χ1v) is 19.1. The Morgan fingerprint density at radius 1 is 0.423 bits per heavy atom. The molecule has 0 atom stereocenters. The lowest BCUT2D eigenvalue weighted by Crippen LogP contribution is -2.43. The number of fused-ring (bicyclic) bond motifs is 2. The monoisotopic (exact) mass is 696 g/mol. The van der Waals surface area contributed by atoms with E-state index in [2.05, 4.69) is 76.7 Å². The molecular weight excluding hydrogens is 641 g/mol. The number of carbonyl (C=O) groups excluding carboxylic acids is 2. The summed E-state index contributed by atoms with van der Waals surface area (Å²) in [5.74, 6) is 0.230. The van der Waals surface area contributed by atoms with E-state index in [1.54, 1.807) is 0 Å². The minimum Gasteiger partial charge on any atom is -0.328 e. The first-order chi connectivity index (χ1) is 25.1. The van der Waals surface area contributed by atoms with Gasteiger partial charge in [0.15, 0.2) is 0 Å². The van der Waals surface area contributed by atoms with Gasteiger partial charge in [-0.05, 0) is 61.1 Å². The summed E-state index contributed by atoms with van der Waals surface area (Å²) in [7, 11) is 9.30. The van der Waals surface area contributed by atoms with Crippen molar-refractivity contribution in [1.29, 1.82) is 0 Å². The molecule has 6 rings (SSSR count). The van der Waals surface area contributed by atoms with Gasteiger partial charge in [-0.25, -0.2) is 0 Å². The van der Waals surface area contributed by atoms with E-state index in [0.29, 0.717) is 0 Å². The number of carbonyl (C=O) groups is 2. The van der Waals surface area contributed by atoms with Crippen LogP contribution in [0.15, 0.2) is 109 Å². The number of hydrogen-bond donors (Lipinski definition) is 0. The third-order valence-electron chi connectivity index (χ3n) is 10.7. The Hall–Kier alpha value is -4.78. The normalized spacial score (nSPS) is 15.9. The highest BCUT2D eigenvalue weighted by atomic mass is 16.2. The fourth-order valence-electron chi connectivity index (χ4n) is 7.73. The maximum Gasteiger partial charge on any atom is 0.258 e. The highest BCUT2D eigenvalue weighted by Crippen LogP contribution is 2.35. The Morgan fingerprint density at radius 3 is 1.13 bits per heavy atom. The summed E-state index contributed by atoms with van der Waals surface area (Å²) >= 11 is 0. The smallest absolute Gasteiger partial charge is 0.258 e. The van der Waals surface area contributed by atoms with E-state index >= 15 is 0 Å². The van der Waals surface area contributed by atoms with Crippen molar-refractivity contribution in [3.05, 3.63) is 143 Å². The highest BCUT2D eigenvalue weighted by Gasteiger charge is 2.33. The van der Waals surface area contributed by atoms with Crippen molar-refractivity contribution in [2.45, 2.75) is 38.5 Å². The van der Waals surface area contributed by atoms with Crippen LogP contribution in [-0.2, 0) is 0 Å². The van der Waals surface area contributed by atoms with Crippen molar-refractivity contribution in [2.75, 3.05) is 67.5 Å². The summed E-state index contributed by atoms with van der Waals surface area (Å²) in [6.07, 6.45) is 11.1. The van der Waals surface area contributed by atoms with Crippen molar-refractivity contribution in [3.63, 3.8) is 0 Å². The molecule has 270 valence electrons. The highest BCUT2D eigenvalue weighted by molar-refractivity contribution is 6.12. The van der Waals surface area contributed by atoms with Crippen molar-refractivity contribution in [1.82, 2.24) is 9.80 Å². The largest absolute Gasteiger partial charge is 0.328 e. The molecule has 2 aliphatic heterocycles. The first kappa shape index (κ1) is 37.0. The molecule has 6 nitrogen and oxygen atoms in total. The van der Waals surface area contributed by atoms with Crippen LogP contribution in [0.25, 0.3) is 23.5 Å². The Bertz CT molecular complexity index is 1750. The van der Waals surface area contributed by atoms with E-state index in [4.69, 9.17) is 0 Å². The second kappa shape index (κ2) is 16.7. The van der Waals surface area contributed by atoms with E-state index in [-0.39, 0.29) is 11.8 Å². The van der Waals surface area contributed by atoms with Gasteiger partial charge in [0.1, 0.15) is 0 Å². The molecule has 0 radical (unpaired) electrons. The molecule has 0 unspecified atom stereocenters. The molecule has 0 aromatic heterocycles. The molecule has 4 aromatic carbocycles. The Morgan fingerprint density at radius 2 is 0.750 bits per heavy atom. The van der Waals surface area contributed by atoms with Crippen LogP contribution >= 0.6 is 0 Å². The van der Waals surface area contributed by atoms with E-state index in [1.807, 2.05) is 82.6 Å². The van der Waals surface area contributed by atoms with Crippen LogP contribution in [0.1, 0.15) is 81.5 Å². The van der Waals surface area contributed by atoms with Gasteiger partial charge < -0.3 is 18.8 Å². The number of quaternary nitrogens is 2. The molecule has 2 amide bonds. The Labute approximate surface area is 311 Å². The second-order valence-electron chi connectivity index (χ2n) is 15.8. The molecule has 0 saturated carbocycles. The Kier molecular flexibility index (Phi) is 11.9. The van der Waals surface area contributed by atoms with Crippen LogP contribution in [-0.4, -0.2) is 98.0 Å². The van der Waals surface area contributed by atoms with Gasteiger partial charge in [-0.2, -0.15) is 0 Å². The van der Waals surface area contributed by atoms with Gasteiger partial charge in [0, 0.05) is 48.2 Å². The number of amides is 2. The summed E-state index contributed by atoms with van der Waals surface area (Å²) < 4.78 is 1.93. The van der Waals surface area contributed by atoms with Crippen LogP contribution in [0.4, 0.5) is 0 Å². The molecule has 2 aliphatic rings. The van der Waals surface area contributed by atoms with E-state index in [1.165, 1.54) is 25.7 Å². The SMILES string of the molecule is C[N+](C)(CCCCCC[N+](C)(C)CCCN1C(=O)c2ccccc2/C1=C\c1ccccc1)CCCN1C(=O)c2ccccc2/C1=C\c1ccccc1. The second-order valence-corrected chi connectivity index (χ2v) is 15.8. The molecule has 0 N–H and O–H groups in total. The van der Waals surface area contributed by atoms with Crippen LogP contribution < -0.4 is 0 Å². The number of benzene rings is 4. The van der Waals surface area contributed by atoms with E-state index in [0.717, 1.165) is 106 Å². The minimum absolute atomic E-state index is 0.115. The molecule has 0 bridgehead atoms. The summed E-state index contributed by atoms with van der Waals surface area (Å²) in [5, 5.41) is 0. The van der Waals surface area contributed by atoms with Gasteiger partial charge >= 0.3 is 0 Å². The number of rotatable bonds is 17. The zero-order chi connectivity index (χ0) is 36.6. The third kappa shape index (κ3) is 9.17. The molecule has 0 fully saturated rings. The van der Waals surface area contributed by atoms with Crippen LogP contribution in [0, 0.1) is 0 Å². The van der Waals surface area contributed by atoms with Gasteiger partial charge in [-0.1, -0.05) is 97.1 Å². The fraction of sp³-hybridized carbons (Fsp3) is 0.348. The lowest BCUT2D eigenvalue weighted by atomic mass is 10.1. The Balaban J connectivity index is 0.911. The van der Waals surface area contributed by atoms with Crippen molar-refractivity contribution in [3.8, 4) is 0 Å². The fourth-order valence-corrected chi connectivity index (χ4v) is 7.73. The molecule has 2 heterocycles. The van der Waals surface area contributed by atoms with Gasteiger partial charge in [0.25, 0.3) is 11.8 Å². The predicted molar refractivity (Wildman–Crippen MR) is 215 cm³/mol. The number of unbranched alkanes of at least 4 members (excludes halogenated alkanes) is 3. The standard InChI is InChI=1S/C46H56N4O2/c1-49(2,33-19-29-47-43(35-37-21-9-7-10-22-37)39-25-13-15-27-41(39)45(47)51)31-17-5-6-18-32-50(3,4)34-20-30-48-44(36-38-23-11-8-12-24-38)40-26-14-16-28-42(40)46(48)52/h7-16,21-28,35-36H,5-6,17-20,29-34H2,1-4H3/q+2/b43-35+,44-36+.